The van der Waals surface area contributed by atoms with Gasteiger partial charge in [-0.15, -0.1) is 0 Å². The van der Waals surface area contributed by atoms with Gasteiger partial charge >= 0.3 is 0 Å². The van der Waals surface area contributed by atoms with Crippen LogP contribution in [0.4, 0.5) is 5.82 Å². The summed E-state index contributed by atoms with van der Waals surface area (Å²) in [6.07, 6.45) is 9.84. The van der Waals surface area contributed by atoms with Crippen molar-refractivity contribution in [3.63, 3.8) is 0 Å². The molecule has 0 unspecified atom stereocenters. The molecule has 1 fully saturated rings. The smallest absolute Gasteiger partial charge is 0.256 e. The maximum Gasteiger partial charge on any atom is 0.256 e. The van der Waals surface area contributed by atoms with Gasteiger partial charge in [0, 0.05) is 35.6 Å². The van der Waals surface area contributed by atoms with E-state index in [0.717, 1.165) is 25.2 Å². The normalized spacial score (nSPS) is 18.6. The van der Waals surface area contributed by atoms with Crippen LogP contribution < -0.4 is 10.1 Å². The second-order valence-electron chi connectivity index (χ2n) is 8.41. The van der Waals surface area contributed by atoms with Gasteiger partial charge in [-0.05, 0) is 63.2 Å². The van der Waals surface area contributed by atoms with Gasteiger partial charge in [-0.1, -0.05) is 25.5 Å². The van der Waals surface area contributed by atoms with Crippen molar-refractivity contribution in [2.24, 2.45) is 9.98 Å². The lowest BCUT2D eigenvalue weighted by Gasteiger charge is -2.21. The molecule has 0 saturated carbocycles. The number of pyridine rings is 1. The van der Waals surface area contributed by atoms with Crippen LogP contribution in [0.25, 0.3) is 0 Å². The molecule has 1 aromatic heterocycles. The van der Waals surface area contributed by atoms with E-state index in [-0.39, 0.29) is 5.91 Å². The number of ether oxygens (including phenoxy) is 2. The monoisotopic (exact) mass is 473 g/mol. The minimum Gasteiger partial charge on any atom is -0.496 e. The Morgan fingerprint density at radius 1 is 1.23 bits per heavy atom. The molecular formula is C27H31N5O3. The Hall–Kier alpha value is -3.78. The summed E-state index contributed by atoms with van der Waals surface area (Å²) in [5.41, 5.74) is 2.26. The van der Waals surface area contributed by atoms with Crippen LogP contribution in [0.2, 0.25) is 0 Å². The highest BCUT2D eigenvalue weighted by Gasteiger charge is 2.22. The van der Waals surface area contributed by atoms with Crippen molar-refractivity contribution in [1.29, 1.82) is 0 Å². The number of nitrogens with one attached hydrogen (secondary N) is 1. The molecule has 0 radical (unpaired) electrons. The van der Waals surface area contributed by atoms with Crippen LogP contribution in [0.1, 0.15) is 54.1 Å². The predicted molar refractivity (Wildman–Crippen MR) is 138 cm³/mol. The molecule has 2 aliphatic rings. The minimum absolute atomic E-state index is 0.272. The van der Waals surface area contributed by atoms with Gasteiger partial charge < -0.3 is 14.8 Å². The molecular weight excluding hydrogens is 442 g/mol. The molecule has 1 aromatic carbocycles. The number of allylic oxidation sites excluding steroid dienone is 1. The summed E-state index contributed by atoms with van der Waals surface area (Å²) in [5, 5.41) is 2.86. The molecule has 1 amide bonds. The molecule has 0 bridgehead atoms. The first-order chi connectivity index (χ1) is 17.1. The Balaban J connectivity index is 1.47. The molecule has 0 atom stereocenters. The Labute approximate surface area is 206 Å². The van der Waals surface area contributed by atoms with Gasteiger partial charge in [0.2, 0.25) is 5.90 Å². The van der Waals surface area contributed by atoms with Crippen LogP contribution in [0.3, 0.4) is 0 Å². The Morgan fingerprint density at radius 3 is 2.74 bits per heavy atom. The van der Waals surface area contributed by atoms with E-state index in [9.17, 15) is 4.79 Å². The van der Waals surface area contributed by atoms with Crippen LogP contribution in [0.15, 0.2) is 71.1 Å². The fourth-order valence-electron chi connectivity index (χ4n) is 4.19. The third kappa shape index (κ3) is 6.02. The first-order valence-corrected chi connectivity index (χ1v) is 11.9. The summed E-state index contributed by atoms with van der Waals surface area (Å²) < 4.78 is 11.4. The van der Waals surface area contributed by atoms with E-state index in [4.69, 9.17) is 9.47 Å². The number of likely N-dealkylation sites (tertiary alicyclic amines) is 1. The molecule has 182 valence electrons. The fourth-order valence-corrected chi connectivity index (χ4v) is 4.19. The van der Waals surface area contributed by atoms with Crippen molar-refractivity contribution in [2.75, 3.05) is 25.5 Å². The van der Waals surface area contributed by atoms with E-state index in [0.29, 0.717) is 40.2 Å². The number of carbonyl (C=O) groups is 1. The maximum absolute atomic E-state index is 13.0. The third-order valence-electron chi connectivity index (χ3n) is 6.00. The summed E-state index contributed by atoms with van der Waals surface area (Å²) in [6.45, 7) is 8.47. The van der Waals surface area contributed by atoms with E-state index in [1.165, 1.54) is 31.9 Å². The first-order valence-electron chi connectivity index (χ1n) is 11.9. The number of aliphatic imine (C=N–C) groups is 2. The van der Waals surface area contributed by atoms with E-state index >= 15 is 0 Å². The number of amidine groups is 1. The molecule has 8 heteroatoms. The van der Waals surface area contributed by atoms with Crippen molar-refractivity contribution in [1.82, 2.24) is 9.88 Å². The van der Waals surface area contributed by atoms with Gasteiger partial charge in [-0.25, -0.2) is 9.98 Å². The number of benzene rings is 1. The van der Waals surface area contributed by atoms with Crippen molar-refractivity contribution in [3.8, 4) is 5.75 Å². The molecule has 35 heavy (non-hydrogen) atoms. The number of nitrogens with zero attached hydrogens (tertiary/aromatic N) is 4. The standard InChI is InChI=1S/C27H31N5O3/c1-4-22-25(28-5-2)31-27(35-22)20-12-13-29-24(17-20)30-26(33)19-10-11-21(23(16-19)34-3)18-32-14-8-6-7-9-15-32/h4-5,10-13,16-17H,2,6-9,14-15,18H2,1,3H3,(H,29,30,33)/b22-4+,28-25?. The second-order valence-corrected chi connectivity index (χ2v) is 8.41. The molecule has 0 spiro atoms. The molecule has 2 aliphatic heterocycles. The summed E-state index contributed by atoms with van der Waals surface area (Å²) >= 11 is 0. The number of methoxy groups -OCH3 is 1. The minimum atomic E-state index is -0.272. The van der Waals surface area contributed by atoms with E-state index in [1.807, 2.05) is 19.1 Å². The fraction of sp³-hybridized carbons (Fsp3) is 0.333. The topological polar surface area (TPSA) is 88.4 Å². The largest absolute Gasteiger partial charge is 0.496 e. The SMILES string of the molecule is C=CN=C1N=C(c2ccnc(NC(=O)c3ccc(CN4CCCCCC4)c(OC)c3)c2)O/C1=C/C. The zero-order chi connectivity index (χ0) is 24.6. The molecule has 2 aromatic rings. The molecule has 1 saturated heterocycles. The van der Waals surface area contributed by atoms with Crippen LogP contribution in [0.5, 0.6) is 5.75 Å². The highest BCUT2D eigenvalue weighted by molar-refractivity contribution is 6.15. The second kappa shape index (κ2) is 11.6. The predicted octanol–water partition coefficient (Wildman–Crippen LogP) is 4.94. The summed E-state index contributed by atoms with van der Waals surface area (Å²) in [4.78, 5) is 28.2. The lowest BCUT2D eigenvalue weighted by molar-refractivity contribution is 0.102. The number of hydrogen-bond acceptors (Lipinski definition) is 6. The van der Waals surface area contributed by atoms with Crippen LogP contribution in [-0.2, 0) is 11.3 Å². The maximum atomic E-state index is 13.0. The van der Waals surface area contributed by atoms with Crippen molar-refractivity contribution in [2.45, 2.75) is 39.2 Å². The average molecular weight is 474 g/mol. The van der Waals surface area contributed by atoms with Gasteiger partial charge in [0.25, 0.3) is 5.91 Å². The number of amides is 1. The third-order valence-corrected chi connectivity index (χ3v) is 6.00. The summed E-state index contributed by atoms with van der Waals surface area (Å²) in [7, 11) is 1.64. The van der Waals surface area contributed by atoms with Gasteiger partial charge in [0.05, 0.1) is 7.11 Å². The first kappa shape index (κ1) is 24.3. The van der Waals surface area contributed by atoms with Crippen molar-refractivity contribution >= 4 is 23.5 Å². The molecule has 8 nitrogen and oxygen atoms in total. The Kier molecular flexibility index (Phi) is 8.05. The molecule has 1 N–H and O–H groups in total. The van der Waals surface area contributed by atoms with Crippen molar-refractivity contribution in [3.05, 3.63) is 77.8 Å². The average Bonchev–Trinajstić information content (AvgIpc) is 3.11. The van der Waals surface area contributed by atoms with Crippen LogP contribution >= 0.6 is 0 Å². The summed E-state index contributed by atoms with van der Waals surface area (Å²) in [6, 6.07) is 9.07. The van der Waals surface area contributed by atoms with Crippen LogP contribution in [0, 0.1) is 0 Å². The zero-order valence-electron chi connectivity index (χ0n) is 20.3. The zero-order valence-corrected chi connectivity index (χ0v) is 20.3. The number of hydrogen-bond donors (Lipinski definition) is 1. The van der Waals surface area contributed by atoms with Gasteiger partial charge in [-0.3, -0.25) is 9.69 Å². The number of anilines is 1. The number of carbonyl (C=O) groups excluding carboxylic acids is 1. The Bertz CT molecular complexity index is 1180. The summed E-state index contributed by atoms with van der Waals surface area (Å²) in [5.74, 6) is 2.22. The van der Waals surface area contributed by atoms with Gasteiger partial charge in [0.1, 0.15) is 11.6 Å². The Morgan fingerprint density at radius 2 is 2.03 bits per heavy atom. The molecule has 4 rings (SSSR count). The van der Waals surface area contributed by atoms with Crippen molar-refractivity contribution < 1.29 is 14.3 Å². The lowest BCUT2D eigenvalue weighted by atomic mass is 10.1. The number of aromatic nitrogens is 1. The van der Waals surface area contributed by atoms with E-state index in [2.05, 4.69) is 31.8 Å². The highest BCUT2D eigenvalue weighted by Crippen LogP contribution is 2.24. The van der Waals surface area contributed by atoms with E-state index < -0.39 is 0 Å². The quantitative estimate of drug-likeness (QED) is 0.615. The lowest BCUT2D eigenvalue weighted by Crippen LogP contribution is -2.24. The number of rotatable bonds is 7. The molecule has 3 heterocycles. The van der Waals surface area contributed by atoms with Gasteiger partial charge in [0.15, 0.2) is 11.6 Å². The van der Waals surface area contributed by atoms with E-state index in [1.54, 1.807) is 37.6 Å². The molecule has 0 aliphatic carbocycles. The highest BCUT2D eigenvalue weighted by atomic mass is 16.5. The van der Waals surface area contributed by atoms with Gasteiger partial charge in [-0.2, -0.15) is 4.99 Å². The van der Waals surface area contributed by atoms with Crippen LogP contribution in [-0.4, -0.2) is 47.7 Å².